The number of thiophene rings is 1. The number of imide groups is 1. The first-order valence-corrected chi connectivity index (χ1v) is 13.7. The number of nitrogens with zero attached hydrogens (tertiary/aromatic N) is 1. The van der Waals surface area contributed by atoms with Crippen molar-refractivity contribution < 1.29 is 18.8 Å². The van der Waals surface area contributed by atoms with E-state index in [0.717, 1.165) is 0 Å². The minimum absolute atomic E-state index is 0.0309. The molecule has 0 aliphatic carbocycles. The number of anilines is 2. The first kappa shape index (κ1) is 25.6. The Balaban J connectivity index is 1.42. The Morgan fingerprint density at radius 2 is 1.79 bits per heavy atom. The van der Waals surface area contributed by atoms with Gasteiger partial charge in [0.1, 0.15) is 16.4 Å². The molecule has 7 nitrogen and oxygen atoms in total. The van der Waals surface area contributed by atoms with Crippen LogP contribution in [0.25, 0.3) is 0 Å². The van der Waals surface area contributed by atoms with Crippen LogP contribution in [0.15, 0.2) is 104 Å². The molecule has 0 fully saturated rings. The smallest absolute Gasteiger partial charge is 0.278 e. The third-order valence-corrected chi connectivity index (χ3v) is 7.86. The molecule has 1 aliphatic heterocycles. The normalized spacial score (nSPS) is 13.5. The van der Waals surface area contributed by atoms with Crippen LogP contribution in [0.4, 0.5) is 11.4 Å². The Bertz CT molecular complexity index is 1490. The Hall–Kier alpha value is -4.08. The molecule has 9 heteroatoms. The van der Waals surface area contributed by atoms with Crippen molar-refractivity contribution in [1.29, 1.82) is 0 Å². The maximum atomic E-state index is 13.5. The second-order valence-corrected chi connectivity index (χ2v) is 11.0. The molecule has 3 amide bonds. The van der Waals surface area contributed by atoms with E-state index in [4.69, 9.17) is 4.42 Å². The Morgan fingerprint density at radius 1 is 0.974 bits per heavy atom. The average molecular weight is 544 g/mol. The van der Waals surface area contributed by atoms with Crippen molar-refractivity contribution in [2.24, 2.45) is 0 Å². The fourth-order valence-corrected chi connectivity index (χ4v) is 5.54. The number of hydrogen-bond donors (Lipinski definition) is 2. The van der Waals surface area contributed by atoms with Crippen LogP contribution >= 0.6 is 23.1 Å². The molecule has 2 N–H and O–H groups in total. The summed E-state index contributed by atoms with van der Waals surface area (Å²) < 4.78 is 5.39. The van der Waals surface area contributed by atoms with E-state index >= 15 is 0 Å². The number of carbonyl (C=O) groups is 3. The van der Waals surface area contributed by atoms with Crippen molar-refractivity contribution in [3.05, 3.63) is 111 Å². The number of carbonyl (C=O) groups excluding carboxylic acids is 3. The van der Waals surface area contributed by atoms with Crippen LogP contribution in [0.2, 0.25) is 0 Å². The van der Waals surface area contributed by atoms with Gasteiger partial charge in [-0.15, -0.1) is 11.3 Å². The van der Waals surface area contributed by atoms with Crippen molar-refractivity contribution in [2.75, 3.05) is 10.6 Å². The lowest BCUT2D eigenvalue weighted by molar-refractivity contribution is -0.138. The molecule has 0 atom stereocenters. The zero-order valence-electron chi connectivity index (χ0n) is 20.8. The van der Waals surface area contributed by atoms with E-state index in [2.05, 4.69) is 24.5 Å². The van der Waals surface area contributed by atoms with E-state index in [1.807, 2.05) is 41.8 Å². The third kappa shape index (κ3) is 5.58. The number of hydrogen-bond acceptors (Lipinski definition) is 7. The van der Waals surface area contributed by atoms with Crippen LogP contribution in [0.3, 0.4) is 0 Å². The summed E-state index contributed by atoms with van der Waals surface area (Å²) in [6.07, 6.45) is 1.51. The van der Waals surface area contributed by atoms with E-state index in [0.29, 0.717) is 32.8 Å². The first-order chi connectivity index (χ1) is 18.4. The van der Waals surface area contributed by atoms with Gasteiger partial charge in [0.05, 0.1) is 17.7 Å². The maximum Gasteiger partial charge on any atom is 0.278 e. The van der Waals surface area contributed by atoms with Crippen LogP contribution in [-0.2, 0) is 16.1 Å². The second-order valence-electron chi connectivity index (χ2n) is 8.94. The number of nitrogens with one attached hydrogen (secondary N) is 2. The molecule has 38 heavy (non-hydrogen) atoms. The number of rotatable bonds is 9. The molecule has 2 aromatic heterocycles. The Labute approximate surface area is 228 Å². The summed E-state index contributed by atoms with van der Waals surface area (Å²) in [6, 6.07) is 22.0. The molecule has 2 aromatic carbocycles. The zero-order chi connectivity index (χ0) is 26.6. The molecule has 0 unspecified atom stereocenters. The highest BCUT2D eigenvalue weighted by atomic mass is 32.2. The topological polar surface area (TPSA) is 91.7 Å². The fraction of sp³-hybridized carbons (Fsp3) is 0.138. The van der Waals surface area contributed by atoms with Crippen LogP contribution in [-0.4, -0.2) is 22.6 Å². The molecule has 4 aromatic rings. The predicted octanol–water partition coefficient (Wildman–Crippen LogP) is 6.70. The van der Waals surface area contributed by atoms with Gasteiger partial charge in [-0.05, 0) is 65.4 Å². The van der Waals surface area contributed by atoms with Gasteiger partial charge >= 0.3 is 0 Å². The van der Waals surface area contributed by atoms with Crippen LogP contribution < -0.4 is 10.6 Å². The molecule has 0 saturated carbocycles. The number of benzene rings is 2. The highest BCUT2D eigenvalue weighted by Gasteiger charge is 2.39. The molecule has 0 saturated heterocycles. The number of amides is 3. The van der Waals surface area contributed by atoms with Gasteiger partial charge in [0, 0.05) is 16.3 Å². The largest absolute Gasteiger partial charge is 0.467 e. The lowest BCUT2D eigenvalue weighted by Crippen LogP contribution is -2.31. The molecule has 192 valence electrons. The average Bonchev–Trinajstić information content (AvgIpc) is 3.67. The molecule has 0 bridgehead atoms. The summed E-state index contributed by atoms with van der Waals surface area (Å²) in [7, 11) is 0. The van der Waals surface area contributed by atoms with E-state index in [1.165, 1.54) is 39.8 Å². The van der Waals surface area contributed by atoms with Crippen LogP contribution in [0, 0.1) is 0 Å². The van der Waals surface area contributed by atoms with E-state index in [-0.39, 0.29) is 23.1 Å². The third-order valence-electron chi connectivity index (χ3n) is 5.92. The van der Waals surface area contributed by atoms with Crippen LogP contribution in [0.5, 0.6) is 0 Å². The van der Waals surface area contributed by atoms with Gasteiger partial charge in [0.25, 0.3) is 17.7 Å². The van der Waals surface area contributed by atoms with Crippen molar-refractivity contribution in [3.63, 3.8) is 0 Å². The molecule has 0 radical (unpaired) electrons. The summed E-state index contributed by atoms with van der Waals surface area (Å²) >= 11 is 2.54. The van der Waals surface area contributed by atoms with E-state index in [9.17, 15) is 14.4 Å². The van der Waals surface area contributed by atoms with Crippen LogP contribution in [0.1, 0.15) is 40.8 Å². The van der Waals surface area contributed by atoms with Crippen molar-refractivity contribution in [2.45, 2.75) is 31.2 Å². The highest BCUT2D eigenvalue weighted by molar-refractivity contribution is 8.04. The van der Waals surface area contributed by atoms with Gasteiger partial charge in [-0.3, -0.25) is 19.3 Å². The zero-order valence-corrected chi connectivity index (χ0v) is 22.4. The standard InChI is InChI=1S/C29H25N3O4S2/c1-18(2)19-10-12-20(13-11-19)30-25-26(29(35)32(28(25)34)17-22-7-4-14-36-22)38-23-8-3-6-21(16-23)31-27(33)24-9-5-15-37-24/h3-16,18,30H,17H2,1-2H3,(H,31,33). The lowest BCUT2D eigenvalue weighted by atomic mass is 10.0. The fourth-order valence-electron chi connectivity index (χ4n) is 3.91. The molecular weight excluding hydrogens is 518 g/mol. The molecule has 3 heterocycles. The van der Waals surface area contributed by atoms with Gasteiger partial charge in [0.2, 0.25) is 0 Å². The van der Waals surface area contributed by atoms with Gasteiger partial charge in [-0.25, -0.2) is 0 Å². The summed E-state index contributed by atoms with van der Waals surface area (Å²) in [5.41, 5.74) is 2.68. The summed E-state index contributed by atoms with van der Waals surface area (Å²) in [5.74, 6) is -0.155. The summed E-state index contributed by atoms with van der Waals surface area (Å²) in [4.78, 5) is 42.2. The van der Waals surface area contributed by atoms with E-state index in [1.54, 1.807) is 36.4 Å². The van der Waals surface area contributed by atoms with Crippen molar-refractivity contribution in [3.8, 4) is 0 Å². The van der Waals surface area contributed by atoms with Gasteiger partial charge in [0.15, 0.2) is 0 Å². The molecule has 1 aliphatic rings. The van der Waals surface area contributed by atoms with Crippen molar-refractivity contribution in [1.82, 2.24) is 4.90 Å². The molecule has 5 rings (SSSR count). The van der Waals surface area contributed by atoms with Gasteiger partial charge in [-0.1, -0.05) is 49.9 Å². The lowest BCUT2D eigenvalue weighted by Gasteiger charge is -2.14. The van der Waals surface area contributed by atoms with E-state index < -0.39 is 11.8 Å². The minimum atomic E-state index is -0.427. The quantitative estimate of drug-likeness (QED) is 0.228. The highest BCUT2D eigenvalue weighted by Crippen LogP contribution is 2.37. The summed E-state index contributed by atoms with van der Waals surface area (Å²) in [5, 5.41) is 7.91. The molecular formula is C29H25N3O4S2. The molecule has 0 spiro atoms. The minimum Gasteiger partial charge on any atom is -0.467 e. The number of furan rings is 1. The predicted molar refractivity (Wildman–Crippen MR) is 150 cm³/mol. The summed E-state index contributed by atoms with van der Waals surface area (Å²) in [6.45, 7) is 4.26. The monoisotopic (exact) mass is 543 g/mol. The Morgan fingerprint density at radius 3 is 2.47 bits per heavy atom. The first-order valence-electron chi connectivity index (χ1n) is 12.0. The Kier molecular flexibility index (Phi) is 7.48. The van der Waals surface area contributed by atoms with Gasteiger partial charge in [-0.2, -0.15) is 0 Å². The number of thioether (sulfide) groups is 1. The van der Waals surface area contributed by atoms with Gasteiger partial charge < -0.3 is 15.1 Å². The second kappa shape index (κ2) is 11.1. The maximum absolute atomic E-state index is 13.5. The SMILES string of the molecule is CC(C)c1ccc(NC2=C(Sc3cccc(NC(=O)c4cccs4)c3)C(=O)N(Cc3ccco3)C2=O)cc1. The van der Waals surface area contributed by atoms with Crippen molar-refractivity contribution >= 4 is 52.2 Å².